The molecule has 0 radical (unpaired) electrons. The SMILES string of the molecule is CC[C@H]1OC(=O)[C@H](C)[C@@H](O[C@H]2C[C@@](C)(OC)[C@@H](O)[C@H](C)O2)[C@H](C)[C@@H](O[C@@H]2O[C@H](C)CC(N(C)C)[C@H]2OC(=O)Cc2ccccc2Nc2c(Cl)cccc2Cl)[C@](C)(O)C[C@@H](C)CN(C)[C@H](C)[C@@H](O)[C@]1(C)O. The second kappa shape index (κ2) is 24.1. The van der Waals surface area contributed by atoms with Crippen molar-refractivity contribution in [2.24, 2.45) is 17.8 Å². The number of cyclic esters (lactones) is 1. The van der Waals surface area contributed by atoms with Crippen LogP contribution in [-0.4, -0.2) is 167 Å². The Morgan fingerprint density at radius 1 is 0.914 bits per heavy atom. The summed E-state index contributed by atoms with van der Waals surface area (Å²) >= 11 is 13.0. The van der Waals surface area contributed by atoms with E-state index in [0.717, 1.165) is 0 Å². The number of para-hydroxylation sites is 2. The van der Waals surface area contributed by atoms with E-state index >= 15 is 0 Å². The van der Waals surface area contributed by atoms with Gasteiger partial charge in [0.2, 0.25) is 0 Å². The maximum Gasteiger partial charge on any atom is 0.311 e. The highest BCUT2D eigenvalue weighted by Crippen LogP contribution is 2.41. The van der Waals surface area contributed by atoms with Crippen molar-refractivity contribution >= 4 is 46.5 Å². The third kappa shape index (κ3) is 13.5. The molecule has 1 unspecified atom stereocenters. The van der Waals surface area contributed by atoms with Crippen LogP contribution in [0, 0.1) is 17.8 Å². The lowest BCUT2D eigenvalue weighted by molar-refractivity contribution is -0.319. The van der Waals surface area contributed by atoms with Gasteiger partial charge in [0.25, 0.3) is 0 Å². The lowest BCUT2D eigenvalue weighted by Crippen LogP contribution is -2.61. The van der Waals surface area contributed by atoms with E-state index in [9.17, 15) is 30.0 Å². The topological polar surface area (TPSA) is 198 Å². The summed E-state index contributed by atoms with van der Waals surface area (Å²) in [6.45, 7) is 17.9. The number of likely N-dealkylation sites (N-methyl/N-ethyl adjacent to an activating group) is 2. The van der Waals surface area contributed by atoms with Crippen molar-refractivity contribution in [2.45, 2.75) is 192 Å². The Morgan fingerprint density at radius 2 is 1.56 bits per heavy atom. The number of aliphatic hydroxyl groups excluding tert-OH is 2. The second-order valence-electron chi connectivity index (χ2n) is 21.2. The fourth-order valence-electron chi connectivity index (χ4n) is 10.7. The molecule has 0 bridgehead atoms. The molecule has 0 aromatic heterocycles. The van der Waals surface area contributed by atoms with E-state index in [2.05, 4.69) is 5.32 Å². The summed E-state index contributed by atoms with van der Waals surface area (Å²) in [4.78, 5) is 32.8. The number of rotatable bonds is 12. The number of nitrogens with one attached hydrogen (secondary N) is 1. The summed E-state index contributed by atoms with van der Waals surface area (Å²) in [7, 11) is 7.11. The van der Waals surface area contributed by atoms with E-state index in [1.807, 2.05) is 76.0 Å². The average Bonchev–Trinajstić information content (AvgIpc) is 3.28. The number of hydrogen-bond donors (Lipinski definition) is 5. The smallest absolute Gasteiger partial charge is 0.311 e. The van der Waals surface area contributed by atoms with E-state index in [1.54, 1.807) is 59.7 Å². The third-order valence-corrected chi connectivity index (χ3v) is 15.7. The minimum absolute atomic E-state index is 0.0809. The van der Waals surface area contributed by atoms with Gasteiger partial charge in [0.15, 0.2) is 18.7 Å². The highest BCUT2D eigenvalue weighted by atomic mass is 35.5. The zero-order chi connectivity index (χ0) is 52.2. The Labute approximate surface area is 425 Å². The van der Waals surface area contributed by atoms with Crippen molar-refractivity contribution in [1.82, 2.24) is 9.80 Å². The molecule has 0 aliphatic carbocycles. The van der Waals surface area contributed by atoms with E-state index in [4.69, 9.17) is 56.4 Å². The Bertz CT molecular complexity index is 2030. The molecular weight excluding hydrogens is 945 g/mol. The van der Waals surface area contributed by atoms with Gasteiger partial charge in [-0.05, 0) is 119 Å². The van der Waals surface area contributed by atoms with E-state index < -0.39 is 108 Å². The number of carbonyl (C=O) groups excluding carboxylic acids is 2. The maximum absolute atomic E-state index is 14.6. The largest absolute Gasteiger partial charge is 0.459 e. The normalized spacial score (nSPS) is 39.7. The highest BCUT2D eigenvalue weighted by molar-refractivity contribution is 6.39. The Balaban J connectivity index is 1.58. The number of benzene rings is 2. The predicted molar refractivity (Wildman–Crippen MR) is 268 cm³/mol. The molecule has 3 heterocycles. The van der Waals surface area contributed by atoms with Crippen LogP contribution in [-0.2, 0) is 49.2 Å². The van der Waals surface area contributed by atoms with Crippen molar-refractivity contribution in [3.05, 3.63) is 58.1 Å². The van der Waals surface area contributed by atoms with Crippen LogP contribution in [0.5, 0.6) is 0 Å². The molecule has 396 valence electrons. The van der Waals surface area contributed by atoms with Crippen molar-refractivity contribution < 1.29 is 63.2 Å². The number of nitrogens with zero attached hydrogens (tertiary/aromatic N) is 2. The first-order chi connectivity index (χ1) is 32.6. The third-order valence-electron chi connectivity index (χ3n) is 15.0. The first-order valence-electron chi connectivity index (χ1n) is 24.7. The standard InChI is InChI=1S/C52H81Cl2N3O13/c1-15-39-52(10,63)45(59)32(6)57(13)27-28(2)25-50(8,62)47(30(4)43(31(5)48(61)67-39)69-41-26-51(9,64-14)46(60)33(7)66-41)70-49-44(38(56(11)12)23-29(3)65-49)68-40(58)24-34-19-16-17-22-37(34)55-42-35(53)20-18-21-36(42)54/h16-22,28-33,38-39,41,43-47,49,55,59-60,62-63H,15,23-27H2,1-14H3/t28-,29-,30+,31-,32-,33+,38?,39-,41+,43+,44-,45-,46+,47-,49+,50-,51-,52-/m1/s1. The van der Waals surface area contributed by atoms with Gasteiger partial charge in [-0.3, -0.25) is 9.59 Å². The Kier molecular flexibility index (Phi) is 20.1. The van der Waals surface area contributed by atoms with Crippen LogP contribution in [0.25, 0.3) is 0 Å². The van der Waals surface area contributed by atoms with Gasteiger partial charge in [0.05, 0.1) is 69.7 Å². The van der Waals surface area contributed by atoms with E-state index in [0.29, 0.717) is 39.9 Å². The molecular formula is C52H81Cl2N3O13. The summed E-state index contributed by atoms with van der Waals surface area (Å²) in [5, 5.41) is 51.9. The molecule has 16 nitrogen and oxygen atoms in total. The van der Waals surface area contributed by atoms with Gasteiger partial charge in [-0.15, -0.1) is 0 Å². The number of esters is 2. The van der Waals surface area contributed by atoms with Crippen LogP contribution >= 0.6 is 23.2 Å². The number of ether oxygens (including phenoxy) is 7. The number of halogens is 2. The number of methoxy groups -OCH3 is 1. The maximum atomic E-state index is 14.6. The molecule has 3 aliphatic rings. The van der Waals surface area contributed by atoms with Crippen molar-refractivity contribution in [3.63, 3.8) is 0 Å². The van der Waals surface area contributed by atoms with E-state index in [1.165, 1.54) is 14.0 Å². The fraction of sp³-hybridized carbons (Fsp3) is 0.731. The molecule has 5 N–H and O–H groups in total. The van der Waals surface area contributed by atoms with Gasteiger partial charge >= 0.3 is 11.9 Å². The lowest BCUT2D eigenvalue weighted by atomic mass is 9.77. The summed E-state index contributed by atoms with van der Waals surface area (Å²) < 4.78 is 45.3. The molecule has 3 fully saturated rings. The minimum Gasteiger partial charge on any atom is -0.459 e. The molecule has 0 saturated carbocycles. The number of aliphatic hydroxyl groups is 4. The van der Waals surface area contributed by atoms with Crippen molar-refractivity contribution in [1.29, 1.82) is 0 Å². The average molecular weight is 1030 g/mol. The molecule has 3 aliphatic heterocycles. The van der Waals surface area contributed by atoms with Crippen LogP contribution < -0.4 is 5.32 Å². The van der Waals surface area contributed by atoms with Crippen LogP contribution in [0.1, 0.15) is 100 Å². The Hall–Kier alpha value is -2.68. The fourth-order valence-corrected chi connectivity index (χ4v) is 11.2. The second-order valence-corrected chi connectivity index (χ2v) is 22.0. The van der Waals surface area contributed by atoms with E-state index in [-0.39, 0.29) is 37.7 Å². The minimum atomic E-state index is -1.86. The van der Waals surface area contributed by atoms with Crippen molar-refractivity contribution in [2.75, 3.05) is 40.1 Å². The zero-order valence-corrected chi connectivity index (χ0v) is 45.1. The molecule has 2 aromatic rings. The molecule has 70 heavy (non-hydrogen) atoms. The summed E-state index contributed by atoms with van der Waals surface area (Å²) in [5.74, 6) is -3.48. The van der Waals surface area contributed by atoms with Crippen LogP contribution in [0.2, 0.25) is 10.0 Å². The first-order valence-corrected chi connectivity index (χ1v) is 25.4. The van der Waals surface area contributed by atoms with Gasteiger partial charge in [-0.1, -0.05) is 68.2 Å². The molecule has 0 spiro atoms. The van der Waals surface area contributed by atoms with Crippen LogP contribution in [0.4, 0.5) is 11.4 Å². The number of anilines is 2. The molecule has 18 heteroatoms. The van der Waals surface area contributed by atoms with Gasteiger partial charge in [0.1, 0.15) is 23.9 Å². The summed E-state index contributed by atoms with van der Waals surface area (Å²) in [6.07, 6.45) is -9.34. The molecule has 3 saturated heterocycles. The molecule has 2 aromatic carbocycles. The van der Waals surface area contributed by atoms with Crippen LogP contribution in [0.15, 0.2) is 42.5 Å². The monoisotopic (exact) mass is 1030 g/mol. The lowest BCUT2D eigenvalue weighted by Gasteiger charge is -2.49. The van der Waals surface area contributed by atoms with Gasteiger partial charge in [-0.25, -0.2) is 0 Å². The number of carbonyl (C=O) groups is 2. The predicted octanol–water partition coefficient (Wildman–Crippen LogP) is 6.74. The first kappa shape index (κ1) is 58.2. The van der Waals surface area contributed by atoms with Crippen molar-refractivity contribution in [3.8, 4) is 0 Å². The highest BCUT2D eigenvalue weighted by Gasteiger charge is 2.53. The summed E-state index contributed by atoms with van der Waals surface area (Å²) in [6, 6.07) is 11.5. The van der Waals surface area contributed by atoms with Gasteiger partial charge in [0, 0.05) is 37.7 Å². The summed E-state index contributed by atoms with van der Waals surface area (Å²) in [5.41, 5.74) is -2.90. The molecule has 0 amide bonds. The number of hydrogen-bond acceptors (Lipinski definition) is 16. The van der Waals surface area contributed by atoms with Gasteiger partial charge < -0.3 is 68.7 Å². The quantitative estimate of drug-likeness (QED) is 0.140. The van der Waals surface area contributed by atoms with Gasteiger partial charge in [-0.2, -0.15) is 0 Å². The molecule has 5 rings (SSSR count). The zero-order valence-electron chi connectivity index (χ0n) is 43.6. The van der Waals surface area contributed by atoms with Crippen LogP contribution in [0.3, 0.4) is 0 Å². The Morgan fingerprint density at radius 3 is 2.17 bits per heavy atom. The molecule has 18 atom stereocenters.